The van der Waals surface area contributed by atoms with Crippen LogP contribution in [0, 0.1) is 0 Å². The Balaban J connectivity index is 2.22. The predicted molar refractivity (Wildman–Crippen MR) is 50.7 cm³/mol. The Morgan fingerprint density at radius 3 is 2.64 bits per heavy atom. The topological polar surface area (TPSA) is 35.5 Å². The minimum Gasteiger partial charge on any atom is -0.345 e. The predicted octanol–water partition coefficient (Wildman–Crippen LogP) is 1.69. The molecule has 0 amide bonds. The van der Waals surface area contributed by atoms with E-state index in [4.69, 9.17) is 9.47 Å². The molecule has 0 aromatic heterocycles. The van der Waals surface area contributed by atoms with E-state index in [1.165, 1.54) is 0 Å². The van der Waals surface area contributed by atoms with Gasteiger partial charge in [0, 0.05) is 0 Å². The van der Waals surface area contributed by atoms with Gasteiger partial charge in [-0.1, -0.05) is 30.3 Å². The summed E-state index contributed by atoms with van der Waals surface area (Å²) in [5.41, 5.74) is 0.896. The highest BCUT2D eigenvalue weighted by Crippen LogP contribution is 2.24. The Kier molecular flexibility index (Phi) is 2.61. The molecule has 0 spiro atoms. The van der Waals surface area contributed by atoms with Gasteiger partial charge in [-0.15, -0.1) is 0 Å². The molecule has 2 rings (SSSR count). The minimum absolute atomic E-state index is 0.0116. The molecule has 3 heteroatoms. The van der Waals surface area contributed by atoms with Gasteiger partial charge in [-0.05, 0) is 12.5 Å². The zero-order valence-corrected chi connectivity index (χ0v) is 7.97. The van der Waals surface area contributed by atoms with Crippen molar-refractivity contribution >= 4 is 5.78 Å². The van der Waals surface area contributed by atoms with Crippen LogP contribution in [0.4, 0.5) is 0 Å². The lowest BCUT2D eigenvalue weighted by Gasteiger charge is -2.26. The molecule has 0 saturated carbocycles. The zero-order chi connectivity index (χ0) is 9.97. The molecule has 1 saturated heterocycles. The maximum atomic E-state index is 11.7. The quantitative estimate of drug-likeness (QED) is 0.679. The summed E-state index contributed by atoms with van der Waals surface area (Å²) in [6.07, 6.45) is -0.825. The summed E-state index contributed by atoms with van der Waals surface area (Å²) in [6.45, 7) is 1.94. The van der Waals surface area contributed by atoms with E-state index in [1.54, 1.807) is 6.92 Å². The van der Waals surface area contributed by atoms with Crippen LogP contribution in [-0.4, -0.2) is 18.7 Å². The second-order valence-electron chi connectivity index (χ2n) is 3.29. The number of Topliss-reactive ketones (excluding diaryl/α,β-unsaturated/α-hetero) is 1. The van der Waals surface area contributed by atoms with Crippen molar-refractivity contribution < 1.29 is 14.3 Å². The number of hydrogen-bond donors (Lipinski definition) is 0. The van der Waals surface area contributed by atoms with Crippen LogP contribution in [0.3, 0.4) is 0 Å². The summed E-state index contributed by atoms with van der Waals surface area (Å²) in [5.74, 6) is -0.0116. The normalized spacial score (nSPS) is 27.6. The summed E-state index contributed by atoms with van der Waals surface area (Å²) in [6, 6.07) is 9.48. The van der Waals surface area contributed by atoms with Crippen LogP contribution in [0.1, 0.15) is 18.6 Å². The summed E-state index contributed by atoms with van der Waals surface area (Å²) in [7, 11) is 0. The summed E-state index contributed by atoms with van der Waals surface area (Å²) >= 11 is 0. The van der Waals surface area contributed by atoms with Gasteiger partial charge in [-0.2, -0.15) is 0 Å². The van der Waals surface area contributed by atoms with E-state index in [9.17, 15) is 4.79 Å². The molecule has 2 unspecified atom stereocenters. The van der Waals surface area contributed by atoms with Crippen LogP contribution in [0.25, 0.3) is 0 Å². The first kappa shape index (κ1) is 9.37. The standard InChI is InChI=1S/C11H12O3/c1-8-10(12)11(14-7-13-8)9-5-3-2-4-6-9/h2-6,8,11H,7H2,1H3. The molecule has 0 N–H and O–H groups in total. The first-order chi connectivity index (χ1) is 6.79. The number of carbonyl (C=O) groups excluding carboxylic acids is 1. The molecule has 1 heterocycles. The van der Waals surface area contributed by atoms with Crippen LogP contribution in [0.5, 0.6) is 0 Å². The van der Waals surface area contributed by atoms with Gasteiger partial charge in [-0.25, -0.2) is 0 Å². The van der Waals surface area contributed by atoms with Crippen molar-refractivity contribution in [2.24, 2.45) is 0 Å². The largest absolute Gasteiger partial charge is 0.345 e. The lowest BCUT2D eigenvalue weighted by Crippen LogP contribution is -2.35. The average Bonchev–Trinajstić information content (AvgIpc) is 2.23. The third kappa shape index (κ3) is 1.69. The molecule has 1 aromatic rings. The van der Waals surface area contributed by atoms with Gasteiger partial charge in [0.1, 0.15) is 19.0 Å². The van der Waals surface area contributed by atoms with Crippen LogP contribution < -0.4 is 0 Å². The third-order valence-electron chi connectivity index (χ3n) is 2.31. The van der Waals surface area contributed by atoms with Crippen molar-refractivity contribution in [3.63, 3.8) is 0 Å². The van der Waals surface area contributed by atoms with Crippen molar-refractivity contribution in [2.45, 2.75) is 19.1 Å². The Bertz CT molecular complexity index is 321. The van der Waals surface area contributed by atoms with Crippen molar-refractivity contribution in [2.75, 3.05) is 6.79 Å². The number of ether oxygens (including phenoxy) is 2. The van der Waals surface area contributed by atoms with Crippen LogP contribution >= 0.6 is 0 Å². The summed E-state index contributed by atoms with van der Waals surface area (Å²) in [4.78, 5) is 11.7. The number of benzene rings is 1. The highest BCUT2D eigenvalue weighted by Gasteiger charge is 2.30. The molecule has 0 aliphatic carbocycles. The SMILES string of the molecule is CC1OCOC(c2ccccc2)C1=O. The molecule has 1 aliphatic heterocycles. The van der Waals surface area contributed by atoms with E-state index in [1.807, 2.05) is 30.3 Å². The van der Waals surface area contributed by atoms with Crippen molar-refractivity contribution in [3.05, 3.63) is 35.9 Å². The van der Waals surface area contributed by atoms with Gasteiger partial charge < -0.3 is 9.47 Å². The van der Waals surface area contributed by atoms with E-state index in [0.717, 1.165) is 5.56 Å². The number of hydrogen-bond acceptors (Lipinski definition) is 3. The second-order valence-corrected chi connectivity index (χ2v) is 3.29. The van der Waals surface area contributed by atoms with Gasteiger partial charge in [-0.3, -0.25) is 4.79 Å². The Morgan fingerprint density at radius 2 is 1.93 bits per heavy atom. The van der Waals surface area contributed by atoms with Gasteiger partial charge in [0.2, 0.25) is 0 Å². The fourth-order valence-corrected chi connectivity index (χ4v) is 1.48. The molecule has 1 fully saturated rings. The van der Waals surface area contributed by atoms with Gasteiger partial charge in [0.05, 0.1) is 0 Å². The maximum absolute atomic E-state index is 11.7. The van der Waals surface area contributed by atoms with Crippen molar-refractivity contribution in [1.82, 2.24) is 0 Å². The number of rotatable bonds is 1. The fraction of sp³-hybridized carbons (Fsp3) is 0.364. The molecule has 1 aromatic carbocycles. The van der Waals surface area contributed by atoms with E-state index in [-0.39, 0.29) is 18.7 Å². The molecule has 2 atom stereocenters. The van der Waals surface area contributed by atoms with Gasteiger partial charge in [0.25, 0.3) is 0 Å². The zero-order valence-electron chi connectivity index (χ0n) is 7.97. The average molecular weight is 192 g/mol. The third-order valence-corrected chi connectivity index (χ3v) is 2.31. The van der Waals surface area contributed by atoms with Crippen LogP contribution in [0.15, 0.2) is 30.3 Å². The van der Waals surface area contributed by atoms with Crippen LogP contribution in [0.2, 0.25) is 0 Å². The maximum Gasteiger partial charge on any atom is 0.194 e. The van der Waals surface area contributed by atoms with E-state index >= 15 is 0 Å². The van der Waals surface area contributed by atoms with Gasteiger partial charge >= 0.3 is 0 Å². The lowest BCUT2D eigenvalue weighted by molar-refractivity contribution is -0.184. The number of ketones is 1. The van der Waals surface area contributed by atoms with Crippen molar-refractivity contribution in [3.8, 4) is 0 Å². The molecule has 0 radical (unpaired) electrons. The lowest BCUT2D eigenvalue weighted by atomic mass is 10.0. The highest BCUT2D eigenvalue weighted by molar-refractivity contribution is 5.88. The minimum atomic E-state index is -0.458. The molecule has 0 bridgehead atoms. The Morgan fingerprint density at radius 1 is 1.21 bits per heavy atom. The summed E-state index contributed by atoms with van der Waals surface area (Å²) in [5, 5.41) is 0. The van der Waals surface area contributed by atoms with Crippen LogP contribution in [-0.2, 0) is 14.3 Å². The van der Waals surface area contributed by atoms with E-state index in [0.29, 0.717) is 0 Å². The Labute approximate surface area is 82.6 Å². The first-order valence-electron chi connectivity index (χ1n) is 4.61. The first-order valence-corrected chi connectivity index (χ1v) is 4.61. The van der Waals surface area contributed by atoms with E-state index in [2.05, 4.69) is 0 Å². The smallest absolute Gasteiger partial charge is 0.194 e. The van der Waals surface area contributed by atoms with E-state index < -0.39 is 6.10 Å². The number of carbonyl (C=O) groups is 1. The Hall–Kier alpha value is -1.19. The molecule has 3 nitrogen and oxygen atoms in total. The highest BCUT2D eigenvalue weighted by atomic mass is 16.7. The fourth-order valence-electron chi connectivity index (χ4n) is 1.48. The molecular formula is C11H12O3. The molecule has 74 valence electrons. The second kappa shape index (κ2) is 3.90. The summed E-state index contributed by atoms with van der Waals surface area (Å²) < 4.78 is 10.3. The molecule has 1 aliphatic rings. The molecular weight excluding hydrogens is 180 g/mol. The monoisotopic (exact) mass is 192 g/mol. The van der Waals surface area contributed by atoms with Gasteiger partial charge in [0.15, 0.2) is 5.78 Å². The molecule has 14 heavy (non-hydrogen) atoms. The van der Waals surface area contributed by atoms with Crippen molar-refractivity contribution in [1.29, 1.82) is 0 Å².